The summed E-state index contributed by atoms with van der Waals surface area (Å²) in [4.78, 5) is 0. The summed E-state index contributed by atoms with van der Waals surface area (Å²) >= 11 is 6.25. The quantitative estimate of drug-likeness (QED) is 0.885. The first-order valence-electron chi connectivity index (χ1n) is 6.78. The molecular weight excluding hydrogens is 246 g/mol. The maximum absolute atomic E-state index is 6.25. The van der Waals surface area contributed by atoms with Crippen LogP contribution in [0.25, 0.3) is 0 Å². The van der Waals surface area contributed by atoms with Crippen LogP contribution in [0.4, 0.5) is 0 Å². The van der Waals surface area contributed by atoms with E-state index in [-0.39, 0.29) is 6.04 Å². The van der Waals surface area contributed by atoms with Crippen LogP contribution in [0.3, 0.4) is 0 Å². The van der Waals surface area contributed by atoms with Crippen LogP contribution in [0.5, 0.6) is 5.75 Å². The Morgan fingerprint density at radius 2 is 2.17 bits per heavy atom. The van der Waals surface area contributed by atoms with Crippen LogP contribution in [0.2, 0.25) is 5.02 Å². The zero-order valence-corrected chi connectivity index (χ0v) is 11.9. The van der Waals surface area contributed by atoms with Gasteiger partial charge in [0, 0.05) is 6.04 Å². The van der Waals surface area contributed by atoms with E-state index < -0.39 is 0 Å². The van der Waals surface area contributed by atoms with Gasteiger partial charge in [0.1, 0.15) is 5.75 Å². The Balaban J connectivity index is 2.05. The number of hydrogen-bond acceptors (Lipinski definition) is 2. The van der Waals surface area contributed by atoms with Crippen LogP contribution in [0, 0.1) is 5.92 Å². The van der Waals surface area contributed by atoms with Crippen molar-refractivity contribution < 1.29 is 4.74 Å². The lowest BCUT2D eigenvalue weighted by molar-refractivity contribution is 0.129. The van der Waals surface area contributed by atoms with E-state index in [2.05, 4.69) is 6.92 Å². The molecule has 2 rings (SSSR count). The molecule has 0 heterocycles. The molecule has 0 aromatic heterocycles. The van der Waals surface area contributed by atoms with Gasteiger partial charge < -0.3 is 10.5 Å². The Morgan fingerprint density at radius 1 is 1.39 bits per heavy atom. The minimum Gasteiger partial charge on any atom is -0.489 e. The van der Waals surface area contributed by atoms with Crippen molar-refractivity contribution in [3.63, 3.8) is 0 Å². The van der Waals surface area contributed by atoms with Crippen molar-refractivity contribution in [1.29, 1.82) is 0 Å². The maximum Gasteiger partial charge on any atom is 0.138 e. The standard InChI is InChI=1S/C15H22ClNO/c1-10-4-3-5-13(8-10)18-15-7-6-12(11(2)17)9-14(15)16/h6-7,9-11,13H,3-5,8,17H2,1-2H3/t10?,11-,13?/m1/s1. The van der Waals surface area contributed by atoms with E-state index in [4.69, 9.17) is 22.1 Å². The molecule has 1 aromatic rings. The second kappa shape index (κ2) is 5.94. The number of halogens is 1. The van der Waals surface area contributed by atoms with Gasteiger partial charge in [-0.25, -0.2) is 0 Å². The highest BCUT2D eigenvalue weighted by atomic mass is 35.5. The summed E-state index contributed by atoms with van der Waals surface area (Å²) < 4.78 is 6.02. The first-order valence-corrected chi connectivity index (χ1v) is 7.15. The molecule has 1 aliphatic carbocycles. The first-order chi connectivity index (χ1) is 8.56. The van der Waals surface area contributed by atoms with E-state index in [1.165, 1.54) is 12.8 Å². The van der Waals surface area contributed by atoms with Gasteiger partial charge in [0.15, 0.2) is 0 Å². The molecule has 1 fully saturated rings. The van der Waals surface area contributed by atoms with Gasteiger partial charge in [-0.2, -0.15) is 0 Å². The summed E-state index contributed by atoms with van der Waals surface area (Å²) in [5.74, 6) is 1.55. The highest BCUT2D eigenvalue weighted by Crippen LogP contribution is 2.32. The molecule has 3 atom stereocenters. The maximum atomic E-state index is 6.25. The molecule has 0 aliphatic heterocycles. The smallest absolute Gasteiger partial charge is 0.138 e. The van der Waals surface area contributed by atoms with Crippen molar-refractivity contribution in [2.75, 3.05) is 0 Å². The van der Waals surface area contributed by atoms with Crippen LogP contribution in [-0.2, 0) is 0 Å². The van der Waals surface area contributed by atoms with Crippen molar-refractivity contribution >= 4 is 11.6 Å². The van der Waals surface area contributed by atoms with Crippen molar-refractivity contribution in [2.45, 2.75) is 51.7 Å². The van der Waals surface area contributed by atoms with Crippen LogP contribution in [0.15, 0.2) is 18.2 Å². The average Bonchev–Trinajstić information content (AvgIpc) is 2.31. The predicted octanol–water partition coefficient (Wildman–Crippen LogP) is 4.32. The number of benzene rings is 1. The zero-order valence-electron chi connectivity index (χ0n) is 11.2. The molecular formula is C15H22ClNO. The molecule has 1 saturated carbocycles. The predicted molar refractivity (Wildman–Crippen MR) is 76.1 cm³/mol. The fraction of sp³-hybridized carbons (Fsp3) is 0.600. The third kappa shape index (κ3) is 3.39. The Kier molecular flexibility index (Phi) is 4.52. The summed E-state index contributed by atoms with van der Waals surface area (Å²) in [5.41, 5.74) is 6.88. The van der Waals surface area contributed by atoms with Gasteiger partial charge in [-0.05, 0) is 49.8 Å². The van der Waals surface area contributed by atoms with E-state index in [0.29, 0.717) is 11.1 Å². The Labute approximate surface area is 114 Å². The van der Waals surface area contributed by atoms with Crippen molar-refractivity contribution in [1.82, 2.24) is 0 Å². The van der Waals surface area contributed by atoms with E-state index in [1.807, 2.05) is 25.1 Å². The van der Waals surface area contributed by atoms with E-state index in [1.54, 1.807) is 0 Å². The van der Waals surface area contributed by atoms with Gasteiger partial charge >= 0.3 is 0 Å². The lowest BCUT2D eigenvalue weighted by Crippen LogP contribution is -2.24. The van der Waals surface area contributed by atoms with Crippen LogP contribution in [0.1, 0.15) is 51.1 Å². The largest absolute Gasteiger partial charge is 0.489 e. The van der Waals surface area contributed by atoms with E-state index >= 15 is 0 Å². The van der Waals surface area contributed by atoms with E-state index in [9.17, 15) is 0 Å². The first kappa shape index (κ1) is 13.7. The summed E-state index contributed by atoms with van der Waals surface area (Å²) in [6, 6.07) is 5.86. The molecule has 2 unspecified atom stereocenters. The van der Waals surface area contributed by atoms with Gasteiger partial charge in [-0.1, -0.05) is 31.0 Å². The summed E-state index contributed by atoms with van der Waals surface area (Å²) in [6.45, 7) is 4.24. The highest BCUT2D eigenvalue weighted by Gasteiger charge is 2.21. The molecule has 0 amide bonds. The third-order valence-corrected chi connectivity index (χ3v) is 3.96. The monoisotopic (exact) mass is 267 g/mol. The number of hydrogen-bond donors (Lipinski definition) is 1. The van der Waals surface area contributed by atoms with Crippen LogP contribution in [-0.4, -0.2) is 6.10 Å². The molecule has 0 spiro atoms. The minimum atomic E-state index is 0.00579. The molecule has 100 valence electrons. The number of nitrogens with two attached hydrogens (primary N) is 1. The van der Waals surface area contributed by atoms with Crippen LogP contribution < -0.4 is 10.5 Å². The molecule has 0 radical (unpaired) electrons. The van der Waals surface area contributed by atoms with E-state index in [0.717, 1.165) is 30.1 Å². The lowest BCUT2D eigenvalue weighted by Gasteiger charge is -2.27. The zero-order chi connectivity index (χ0) is 13.1. The Morgan fingerprint density at radius 3 is 2.78 bits per heavy atom. The topological polar surface area (TPSA) is 35.2 Å². The van der Waals surface area contributed by atoms with Crippen molar-refractivity contribution in [3.05, 3.63) is 28.8 Å². The minimum absolute atomic E-state index is 0.00579. The molecule has 18 heavy (non-hydrogen) atoms. The molecule has 1 aromatic carbocycles. The van der Waals surface area contributed by atoms with Gasteiger partial charge in [-0.15, -0.1) is 0 Å². The fourth-order valence-corrected chi connectivity index (χ4v) is 2.79. The molecule has 3 heteroatoms. The second-order valence-corrected chi connectivity index (χ2v) is 5.90. The SMILES string of the molecule is CC1CCCC(Oc2ccc([C@@H](C)N)cc2Cl)C1. The molecule has 2 N–H and O–H groups in total. The Hall–Kier alpha value is -0.730. The fourth-order valence-electron chi connectivity index (χ4n) is 2.56. The summed E-state index contributed by atoms with van der Waals surface area (Å²) in [6.07, 6.45) is 5.15. The summed E-state index contributed by atoms with van der Waals surface area (Å²) in [7, 11) is 0. The highest BCUT2D eigenvalue weighted by molar-refractivity contribution is 6.32. The third-order valence-electron chi connectivity index (χ3n) is 3.66. The molecule has 0 bridgehead atoms. The van der Waals surface area contributed by atoms with Crippen LogP contribution >= 0.6 is 11.6 Å². The number of rotatable bonds is 3. The van der Waals surface area contributed by atoms with Gasteiger partial charge in [0.2, 0.25) is 0 Å². The van der Waals surface area contributed by atoms with Crippen molar-refractivity contribution in [2.24, 2.45) is 11.7 Å². The van der Waals surface area contributed by atoms with Gasteiger partial charge in [0.25, 0.3) is 0 Å². The van der Waals surface area contributed by atoms with Crippen molar-refractivity contribution in [3.8, 4) is 5.75 Å². The van der Waals surface area contributed by atoms with Gasteiger partial charge in [-0.3, -0.25) is 0 Å². The average molecular weight is 268 g/mol. The normalized spacial score (nSPS) is 25.8. The Bertz CT molecular complexity index is 405. The summed E-state index contributed by atoms with van der Waals surface area (Å²) in [5, 5.41) is 0.669. The lowest BCUT2D eigenvalue weighted by atomic mass is 9.89. The molecule has 1 aliphatic rings. The second-order valence-electron chi connectivity index (χ2n) is 5.49. The molecule has 2 nitrogen and oxygen atoms in total. The molecule has 0 saturated heterocycles. The number of ether oxygens (including phenoxy) is 1. The van der Waals surface area contributed by atoms with Gasteiger partial charge in [0.05, 0.1) is 11.1 Å².